The molecule has 0 spiro atoms. The van der Waals surface area contributed by atoms with Gasteiger partial charge in [-0.3, -0.25) is 4.90 Å². The number of anilines is 1. The molecule has 1 fully saturated rings. The maximum atomic E-state index is 6.26. The van der Waals surface area contributed by atoms with Gasteiger partial charge in [0.1, 0.15) is 24.7 Å². The SMILES string of the molecule is CC1(C)c2cc(OCc3ccccc3)ccc2N(Cc2ccc(OCCN3CCCCCC3)cc2)[C@@H]1c1ccccc1. The number of hydrogen-bond acceptors (Lipinski definition) is 4. The smallest absolute Gasteiger partial charge is 0.120 e. The predicted octanol–water partition coefficient (Wildman–Crippen LogP) is 8.56. The Kier molecular flexibility index (Phi) is 8.81. The van der Waals surface area contributed by atoms with Gasteiger partial charge in [-0.25, -0.2) is 0 Å². The van der Waals surface area contributed by atoms with Crippen LogP contribution in [0.2, 0.25) is 0 Å². The monoisotopic (exact) mass is 560 g/mol. The van der Waals surface area contributed by atoms with Crippen LogP contribution in [0.4, 0.5) is 5.69 Å². The fourth-order valence-corrected chi connectivity index (χ4v) is 6.74. The van der Waals surface area contributed by atoms with E-state index in [0.717, 1.165) is 31.2 Å². The van der Waals surface area contributed by atoms with E-state index < -0.39 is 0 Å². The summed E-state index contributed by atoms with van der Waals surface area (Å²) in [6, 6.07) is 36.9. The molecular weight excluding hydrogens is 516 g/mol. The lowest BCUT2D eigenvalue weighted by Gasteiger charge is -2.35. The highest BCUT2D eigenvalue weighted by atomic mass is 16.5. The van der Waals surface area contributed by atoms with Crippen LogP contribution < -0.4 is 14.4 Å². The number of rotatable bonds is 10. The van der Waals surface area contributed by atoms with Gasteiger partial charge in [0.2, 0.25) is 0 Å². The van der Waals surface area contributed by atoms with Gasteiger partial charge in [-0.1, -0.05) is 99.5 Å². The van der Waals surface area contributed by atoms with Gasteiger partial charge in [-0.05, 0) is 78.5 Å². The summed E-state index contributed by atoms with van der Waals surface area (Å²) >= 11 is 0. The second kappa shape index (κ2) is 13.0. The minimum Gasteiger partial charge on any atom is -0.492 e. The number of benzene rings is 4. The Labute approximate surface area is 251 Å². The van der Waals surface area contributed by atoms with Gasteiger partial charge in [0.25, 0.3) is 0 Å². The minimum atomic E-state index is -0.0980. The standard InChI is InChI=1S/C38H44N2O2/c1-38(2)35-27-34(42-29-31-13-7-5-8-14-31)21-22-36(35)40(37(38)32-15-9-6-10-16-32)28-30-17-19-33(20-18-30)41-26-25-39-23-11-3-4-12-24-39/h5-10,13-22,27,37H,3-4,11-12,23-26,28-29H2,1-2H3/t37-/m1/s1. The second-order valence-electron chi connectivity index (χ2n) is 12.4. The highest BCUT2D eigenvalue weighted by molar-refractivity contribution is 5.67. The van der Waals surface area contributed by atoms with Crippen molar-refractivity contribution in [1.82, 2.24) is 4.90 Å². The molecule has 0 unspecified atom stereocenters. The normalized spacial score (nSPS) is 18.3. The van der Waals surface area contributed by atoms with Gasteiger partial charge < -0.3 is 14.4 Å². The summed E-state index contributed by atoms with van der Waals surface area (Å²) < 4.78 is 12.4. The molecule has 0 N–H and O–H groups in total. The Morgan fingerprint density at radius 3 is 2.07 bits per heavy atom. The fraction of sp³-hybridized carbons (Fsp3) is 0.368. The average Bonchev–Trinajstić information content (AvgIpc) is 3.17. The zero-order valence-corrected chi connectivity index (χ0v) is 25.2. The maximum Gasteiger partial charge on any atom is 0.120 e. The van der Waals surface area contributed by atoms with E-state index in [1.807, 2.05) is 6.07 Å². The van der Waals surface area contributed by atoms with E-state index >= 15 is 0 Å². The van der Waals surface area contributed by atoms with Crippen LogP contribution in [0.5, 0.6) is 11.5 Å². The third-order valence-corrected chi connectivity index (χ3v) is 8.98. The summed E-state index contributed by atoms with van der Waals surface area (Å²) in [5, 5.41) is 0. The highest BCUT2D eigenvalue weighted by Crippen LogP contribution is 2.54. The van der Waals surface area contributed by atoms with Crippen molar-refractivity contribution < 1.29 is 9.47 Å². The Morgan fingerprint density at radius 2 is 1.36 bits per heavy atom. The summed E-state index contributed by atoms with van der Waals surface area (Å²) in [7, 11) is 0. The molecule has 2 heterocycles. The van der Waals surface area contributed by atoms with Gasteiger partial charge in [0, 0.05) is 24.2 Å². The van der Waals surface area contributed by atoms with E-state index in [-0.39, 0.29) is 11.5 Å². The van der Waals surface area contributed by atoms with E-state index in [4.69, 9.17) is 9.47 Å². The van der Waals surface area contributed by atoms with Crippen LogP contribution in [0.1, 0.15) is 67.8 Å². The van der Waals surface area contributed by atoms with Crippen LogP contribution in [-0.2, 0) is 18.6 Å². The Bertz CT molecular complexity index is 1410. The van der Waals surface area contributed by atoms with Crippen LogP contribution >= 0.6 is 0 Å². The van der Waals surface area contributed by atoms with Crippen molar-refractivity contribution in [2.24, 2.45) is 0 Å². The molecule has 2 aliphatic rings. The number of nitrogens with zero attached hydrogens (tertiary/aromatic N) is 2. The van der Waals surface area contributed by atoms with E-state index in [0.29, 0.717) is 6.61 Å². The molecule has 1 atom stereocenters. The van der Waals surface area contributed by atoms with Crippen molar-refractivity contribution in [3.8, 4) is 11.5 Å². The van der Waals surface area contributed by atoms with Crippen LogP contribution in [0, 0.1) is 0 Å². The molecule has 0 bridgehead atoms. The van der Waals surface area contributed by atoms with Crippen molar-refractivity contribution in [2.45, 2.75) is 64.1 Å². The number of ether oxygens (including phenoxy) is 2. The number of likely N-dealkylation sites (tertiary alicyclic amines) is 1. The first-order chi connectivity index (χ1) is 20.6. The number of hydrogen-bond donors (Lipinski definition) is 0. The van der Waals surface area contributed by atoms with Crippen LogP contribution in [0.3, 0.4) is 0 Å². The molecule has 4 aromatic rings. The summed E-state index contributed by atoms with van der Waals surface area (Å²) in [6.45, 7) is 10.3. The van der Waals surface area contributed by atoms with E-state index in [9.17, 15) is 0 Å². The second-order valence-corrected chi connectivity index (χ2v) is 12.4. The lowest BCUT2D eigenvalue weighted by molar-refractivity contribution is 0.214. The molecule has 1 saturated heterocycles. The lowest BCUT2D eigenvalue weighted by Crippen LogP contribution is -2.33. The predicted molar refractivity (Wildman–Crippen MR) is 172 cm³/mol. The first-order valence-electron chi connectivity index (χ1n) is 15.6. The fourth-order valence-electron chi connectivity index (χ4n) is 6.74. The quantitative estimate of drug-likeness (QED) is 0.194. The molecule has 4 nitrogen and oxygen atoms in total. The molecule has 4 heteroatoms. The Morgan fingerprint density at radius 1 is 0.690 bits per heavy atom. The molecule has 6 rings (SSSR count). The van der Waals surface area contributed by atoms with Gasteiger partial charge in [0.15, 0.2) is 0 Å². The van der Waals surface area contributed by atoms with Gasteiger partial charge in [0.05, 0.1) is 6.04 Å². The van der Waals surface area contributed by atoms with Crippen molar-refractivity contribution >= 4 is 5.69 Å². The van der Waals surface area contributed by atoms with Crippen molar-refractivity contribution in [3.63, 3.8) is 0 Å². The summed E-state index contributed by atoms with van der Waals surface area (Å²) in [4.78, 5) is 5.12. The molecular formula is C38H44N2O2. The third kappa shape index (κ3) is 6.50. The van der Waals surface area contributed by atoms with Gasteiger partial charge >= 0.3 is 0 Å². The van der Waals surface area contributed by atoms with Crippen LogP contribution in [-0.4, -0.2) is 31.1 Å². The Balaban J connectivity index is 1.18. The maximum absolute atomic E-state index is 6.26. The van der Waals surface area contributed by atoms with Gasteiger partial charge in [-0.15, -0.1) is 0 Å². The molecule has 2 aliphatic heterocycles. The van der Waals surface area contributed by atoms with Gasteiger partial charge in [-0.2, -0.15) is 0 Å². The first-order valence-corrected chi connectivity index (χ1v) is 15.6. The molecule has 42 heavy (non-hydrogen) atoms. The molecule has 0 aliphatic carbocycles. The third-order valence-electron chi connectivity index (χ3n) is 8.98. The summed E-state index contributed by atoms with van der Waals surface area (Å²) in [5.74, 6) is 1.87. The van der Waals surface area contributed by atoms with E-state index in [2.05, 4.69) is 121 Å². The van der Waals surface area contributed by atoms with Crippen molar-refractivity contribution in [2.75, 3.05) is 31.1 Å². The first kappa shape index (κ1) is 28.4. The largest absolute Gasteiger partial charge is 0.492 e. The molecule has 218 valence electrons. The Hall–Kier alpha value is -3.76. The summed E-state index contributed by atoms with van der Waals surface area (Å²) in [6.07, 6.45) is 5.37. The van der Waals surface area contributed by atoms with Crippen molar-refractivity contribution in [1.29, 1.82) is 0 Å². The zero-order valence-electron chi connectivity index (χ0n) is 25.2. The zero-order chi connectivity index (χ0) is 28.8. The molecule has 0 saturated carbocycles. The molecule has 0 amide bonds. The lowest BCUT2D eigenvalue weighted by atomic mass is 9.77. The molecule has 0 radical (unpaired) electrons. The van der Waals surface area contributed by atoms with Crippen LogP contribution in [0.15, 0.2) is 103 Å². The van der Waals surface area contributed by atoms with Crippen LogP contribution in [0.25, 0.3) is 0 Å². The van der Waals surface area contributed by atoms with Crippen molar-refractivity contribution in [3.05, 3.63) is 125 Å². The topological polar surface area (TPSA) is 24.9 Å². The molecule has 4 aromatic carbocycles. The summed E-state index contributed by atoms with van der Waals surface area (Å²) in [5.41, 5.74) is 6.30. The minimum absolute atomic E-state index is 0.0980. The average molecular weight is 561 g/mol. The molecule has 0 aromatic heterocycles. The van der Waals surface area contributed by atoms with E-state index in [1.165, 1.54) is 66.7 Å². The highest BCUT2D eigenvalue weighted by Gasteiger charge is 2.45. The van der Waals surface area contributed by atoms with E-state index in [1.54, 1.807) is 0 Å². The number of fused-ring (bicyclic) bond motifs is 1.